The van der Waals surface area contributed by atoms with Crippen LogP contribution < -0.4 is 0 Å². The van der Waals surface area contributed by atoms with Crippen molar-refractivity contribution in [1.29, 1.82) is 0 Å². The maximum atomic E-state index is 6.03. The van der Waals surface area contributed by atoms with Gasteiger partial charge in [0.05, 0.1) is 0 Å². The van der Waals surface area contributed by atoms with Crippen LogP contribution in [0.4, 0.5) is 0 Å². The van der Waals surface area contributed by atoms with Crippen molar-refractivity contribution in [2.45, 2.75) is 39.2 Å². The molecule has 0 atom stereocenters. The van der Waals surface area contributed by atoms with Gasteiger partial charge in [-0.05, 0) is 0 Å². The van der Waals surface area contributed by atoms with Gasteiger partial charge in [-0.15, -0.1) is 24.8 Å². The summed E-state index contributed by atoms with van der Waals surface area (Å²) in [5, 5.41) is 1.60. The molecule has 0 saturated carbocycles. The van der Waals surface area contributed by atoms with E-state index in [0.29, 0.717) is 0 Å². The quantitative estimate of drug-likeness (QED) is 0.657. The molecule has 2 aliphatic carbocycles. The second-order valence-electron chi connectivity index (χ2n) is 5.46. The normalized spacial score (nSPS) is 17.7. The Kier molecular flexibility index (Phi) is 9.07. The van der Waals surface area contributed by atoms with Crippen molar-refractivity contribution in [2.24, 2.45) is 0 Å². The summed E-state index contributed by atoms with van der Waals surface area (Å²) in [5.74, 6) is 0. The van der Waals surface area contributed by atoms with Gasteiger partial charge in [0.15, 0.2) is 0 Å². The monoisotopic (exact) mass is 394 g/mol. The molecule has 19 heavy (non-hydrogen) atoms. The van der Waals surface area contributed by atoms with E-state index < -0.39 is 33.0 Å². The fourth-order valence-corrected chi connectivity index (χ4v) is 7.15. The van der Waals surface area contributed by atoms with E-state index in [1.165, 1.54) is 12.8 Å². The van der Waals surface area contributed by atoms with Crippen LogP contribution in [-0.4, -0.2) is 15.4 Å². The van der Waals surface area contributed by atoms with Crippen molar-refractivity contribution in [1.82, 2.24) is 0 Å². The Morgan fingerprint density at radius 3 is 2.47 bits per heavy atom. The molecule has 0 aromatic heterocycles. The van der Waals surface area contributed by atoms with E-state index in [9.17, 15) is 0 Å². The van der Waals surface area contributed by atoms with Gasteiger partial charge in [-0.1, -0.05) is 0 Å². The Hall–Kier alpha value is 0.600. The molecule has 0 spiro atoms. The van der Waals surface area contributed by atoms with Crippen LogP contribution in [-0.2, 0) is 27.7 Å². The summed E-state index contributed by atoms with van der Waals surface area (Å²) in [6.45, 7) is 6.47. The molecule has 0 aromatic carbocycles. The maximum absolute atomic E-state index is 6.03. The van der Waals surface area contributed by atoms with Gasteiger partial charge >= 0.3 is 119 Å². The van der Waals surface area contributed by atoms with Crippen LogP contribution in [0.1, 0.15) is 33.6 Å². The average Bonchev–Trinajstić information content (AvgIpc) is 2.86. The molecular formula is C14H22Cl2OSiZr. The van der Waals surface area contributed by atoms with Gasteiger partial charge in [0, 0.05) is 0 Å². The van der Waals surface area contributed by atoms with Crippen molar-refractivity contribution in [3.63, 3.8) is 0 Å². The third-order valence-corrected chi connectivity index (χ3v) is 9.36. The fourth-order valence-electron chi connectivity index (χ4n) is 1.85. The van der Waals surface area contributed by atoms with Crippen molar-refractivity contribution in [3.05, 3.63) is 42.1 Å². The van der Waals surface area contributed by atoms with Crippen molar-refractivity contribution in [3.8, 4) is 0 Å². The average molecular weight is 397 g/mol. The summed E-state index contributed by atoms with van der Waals surface area (Å²) in [7, 11) is -0.514. The molecule has 1 nitrogen and oxygen atoms in total. The van der Waals surface area contributed by atoms with Gasteiger partial charge in [-0.3, -0.25) is 0 Å². The Morgan fingerprint density at radius 1 is 1.16 bits per heavy atom. The minimum atomic E-state index is -0.514. The SMILES string of the molecule is CC(C)(C)O[SiH2]C1=[C]([Zr][C]2=CC=CC2)CC=C1.Cl.Cl. The molecule has 2 aliphatic rings. The topological polar surface area (TPSA) is 9.23 Å². The van der Waals surface area contributed by atoms with Crippen LogP contribution in [0.15, 0.2) is 42.1 Å². The van der Waals surface area contributed by atoms with Crippen molar-refractivity contribution in [2.75, 3.05) is 0 Å². The standard InChI is InChI=1S/C9H15OSi.C5H5.2ClH.Zr/c1-9(2,3)10-11-8-6-4-5-7-8;1-2-4-5-3-1;;;/h4,6H,5,11H2,1-3H3;1-3H,4H2;2*1H;. The molecule has 0 aliphatic heterocycles. The Morgan fingerprint density at radius 2 is 1.89 bits per heavy atom. The van der Waals surface area contributed by atoms with Crippen molar-refractivity contribution < 1.29 is 27.7 Å². The van der Waals surface area contributed by atoms with Crippen LogP contribution >= 0.6 is 24.8 Å². The molecule has 2 rings (SSSR count). The van der Waals surface area contributed by atoms with Gasteiger partial charge in [0.25, 0.3) is 0 Å². The smallest absolute Gasteiger partial charge is 0.147 e. The predicted molar refractivity (Wildman–Crippen MR) is 86.5 cm³/mol. The number of rotatable bonds is 4. The molecule has 0 saturated heterocycles. The molecule has 0 unspecified atom stereocenters. The van der Waals surface area contributed by atoms with Crippen LogP contribution in [0.5, 0.6) is 0 Å². The Balaban J connectivity index is 0.00000162. The van der Waals surface area contributed by atoms with E-state index in [4.69, 9.17) is 4.43 Å². The Labute approximate surface area is 143 Å². The van der Waals surface area contributed by atoms with E-state index >= 15 is 0 Å². The summed E-state index contributed by atoms with van der Waals surface area (Å²) in [5.41, 5.74) is 0.0278. The van der Waals surface area contributed by atoms with E-state index in [1.54, 1.807) is 11.8 Å². The van der Waals surface area contributed by atoms with Gasteiger partial charge in [-0.2, -0.15) is 0 Å². The predicted octanol–water partition coefficient (Wildman–Crippen LogP) is 3.83. The van der Waals surface area contributed by atoms with E-state index in [1.807, 2.05) is 0 Å². The molecule has 106 valence electrons. The van der Waals surface area contributed by atoms with Crippen molar-refractivity contribution >= 4 is 34.6 Å². The zero-order chi connectivity index (χ0) is 12.3. The van der Waals surface area contributed by atoms with E-state index in [-0.39, 0.29) is 30.4 Å². The third kappa shape index (κ3) is 6.73. The molecule has 0 bridgehead atoms. The van der Waals surface area contributed by atoms with Gasteiger partial charge < -0.3 is 0 Å². The number of hydrogen-bond donors (Lipinski definition) is 0. The number of allylic oxidation sites excluding steroid dienone is 8. The largest absolute Gasteiger partial charge is 0.147 e. The molecule has 0 amide bonds. The zero-order valence-electron chi connectivity index (χ0n) is 11.7. The first-order valence-electron chi connectivity index (χ1n) is 6.20. The third-order valence-electron chi connectivity index (χ3n) is 2.77. The number of hydrogen-bond acceptors (Lipinski definition) is 1. The molecule has 0 heterocycles. The van der Waals surface area contributed by atoms with E-state index in [0.717, 1.165) is 0 Å². The molecule has 0 N–H and O–H groups in total. The van der Waals surface area contributed by atoms with Gasteiger partial charge in [0.2, 0.25) is 0 Å². The summed E-state index contributed by atoms with van der Waals surface area (Å²) in [4.78, 5) is 0. The second kappa shape index (κ2) is 8.79. The van der Waals surface area contributed by atoms with Gasteiger partial charge in [0.1, 0.15) is 0 Å². The minimum absolute atomic E-state index is 0. The first kappa shape index (κ1) is 19.6. The van der Waals surface area contributed by atoms with Gasteiger partial charge in [-0.25, -0.2) is 0 Å². The molecule has 0 radical (unpaired) electrons. The zero-order valence-corrected chi connectivity index (χ0v) is 17.2. The van der Waals surface area contributed by atoms with E-state index in [2.05, 4.69) is 51.2 Å². The molecular weight excluding hydrogens is 374 g/mol. The molecule has 5 heteroatoms. The van der Waals surface area contributed by atoms with Crippen LogP contribution in [0.25, 0.3) is 0 Å². The van der Waals surface area contributed by atoms with Crippen LogP contribution in [0, 0.1) is 0 Å². The minimum Gasteiger partial charge on any atom is -0.147 e. The van der Waals surface area contributed by atoms with Crippen LogP contribution in [0.3, 0.4) is 0 Å². The number of halogens is 2. The maximum Gasteiger partial charge on any atom is -0.147 e. The first-order chi connectivity index (χ1) is 8.04. The first-order valence-corrected chi connectivity index (χ1v) is 9.94. The summed E-state index contributed by atoms with van der Waals surface area (Å²) >= 11 is -0.474. The molecule has 0 aromatic rings. The summed E-state index contributed by atoms with van der Waals surface area (Å²) in [6, 6.07) is 0. The Bertz CT molecular complexity index is 420. The summed E-state index contributed by atoms with van der Waals surface area (Å²) in [6.07, 6.45) is 13.9. The second-order valence-corrected chi connectivity index (χ2v) is 10.5. The van der Waals surface area contributed by atoms with Crippen LogP contribution in [0.2, 0.25) is 0 Å². The summed E-state index contributed by atoms with van der Waals surface area (Å²) < 4.78 is 9.51. The fraction of sp³-hybridized carbons (Fsp3) is 0.429. The molecule has 0 fully saturated rings.